The van der Waals surface area contributed by atoms with Crippen LogP contribution in [0.15, 0.2) is 53.6 Å². The number of rotatable bonds is 4. The van der Waals surface area contributed by atoms with E-state index < -0.39 is 17.3 Å². The number of aromatic nitrogens is 3. The van der Waals surface area contributed by atoms with E-state index in [1.807, 2.05) is 0 Å². The number of nitrogens with one attached hydrogen (secondary N) is 2. The van der Waals surface area contributed by atoms with Crippen LogP contribution in [0.2, 0.25) is 5.02 Å². The molecule has 0 saturated carbocycles. The van der Waals surface area contributed by atoms with Gasteiger partial charge in [-0.15, -0.1) is 0 Å². The zero-order valence-electron chi connectivity index (χ0n) is 12.8. The number of amides is 1. The Morgan fingerprint density at radius 1 is 1.20 bits per heavy atom. The summed E-state index contributed by atoms with van der Waals surface area (Å²) >= 11 is 5.69. The van der Waals surface area contributed by atoms with Crippen molar-refractivity contribution in [2.45, 2.75) is 6.54 Å². The summed E-state index contributed by atoms with van der Waals surface area (Å²) in [5.74, 6) is -1.16. The second-order valence-corrected chi connectivity index (χ2v) is 5.59. The zero-order valence-corrected chi connectivity index (χ0v) is 13.5. The number of nitrogens with zero attached hydrogens (tertiary/aromatic N) is 2. The standard InChI is InChI=1S/C17H12ClFN4O2/c18-12-2-1-11(14(19)7-12)9-21-16(24)13-8-15(22-23-17(13)25)10-3-5-20-6-4-10/h1-8H,9H2,(H,21,24)(H,23,25). The van der Waals surface area contributed by atoms with E-state index >= 15 is 0 Å². The predicted octanol–water partition coefficient (Wildman–Crippen LogP) is 2.55. The molecule has 25 heavy (non-hydrogen) atoms. The highest BCUT2D eigenvalue weighted by Gasteiger charge is 2.14. The van der Waals surface area contributed by atoms with E-state index in [1.165, 1.54) is 18.2 Å². The first-order valence-electron chi connectivity index (χ1n) is 7.27. The largest absolute Gasteiger partial charge is 0.348 e. The Balaban J connectivity index is 1.81. The quantitative estimate of drug-likeness (QED) is 0.750. The van der Waals surface area contributed by atoms with E-state index in [4.69, 9.17) is 11.6 Å². The number of halogens is 2. The predicted molar refractivity (Wildman–Crippen MR) is 90.7 cm³/mol. The Labute approximate surface area is 146 Å². The van der Waals surface area contributed by atoms with E-state index in [0.29, 0.717) is 11.3 Å². The van der Waals surface area contributed by atoms with Crippen LogP contribution in [-0.4, -0.2) is 21.1 Å². The first kappa shape index (κ1) is 16.8. The highest BCUT2D eigenvalue weighted by atomic mass is 35.5. The molecule has 0 spiro atoms. The van der Waals surface area contributed by atoms with Gasteiger partial charge in [-0.3, -0.25) is 14.6 Å². The topological polar surface area (TPSA) is 87.7 Å². The van der Waals surface area contributed by atoms with Gasteiger partial charge in [0.05, 0.1) is 5.69 Å². The lowest BCUT2D eigenvalue weighted by molar-refractivity contribution is 0.0949. The number of pyridine rings is 1. The lowest BCUT2D eigenvalue weighted by Gasteiger charge is -2.07. The van der Waals surface area contributed by atoms with E-state index in [1.54, 1.807) is 24.5 Å². The molecular formula is C17H12ClFN4O2. The van der Waals surface area contributed by atoms with Crippen LogP contribution in [0.3, 0.4) is 0 Å². The summed E-state index contributed by atoms with van der Waals surface area (Å²) in [6.07, 6.45) is 3.15. The Morgan fingerprint density at radius 2 is 1.96 bits per heavy atom. The number of aromatic amines is 1. The third kappa shape index (κ3) is 3.89. The molecule has 2 N–H and O–H groups in total. The molecule has 0 aliphatic rings. The molecule has 126 valence electrons. The Morgan fingerprint density at radius 3 is 2.68 bits per heavy atom. The van der Waals surface area contributed by atoms with Crippen LogP contribution in [0, 0.1) is 5.82 Å². The molecule has 1 amide bonds. The minimum Gasteiger partial charge on any atom is -0.348 e. The molecular weight excluding hydrogens is 347 g/mol. The highest BCUT2D eigenvalue weighted by Crippen LogP contribution is 2.16. The monoisotopic (exact) mass is 358 g/mol. The van der Waals surface area contributed by atoms with Crippen molar-refractivity contribution in [2.24, 2.45) is 0 Å². The molecule has 0 atom stereocenters. The number of carbonyl (C=O) groups excluding carboxylic acids is 1. The molecule has 8 heteroatoms. The Hall–Kier alpha value is -3.06. The molecule has 2 heterocycles. The fraction of sp³-hybridized carbons (Fsp3) is 0.0588. The van der Waals surface area contributed by atoms with Gasteiger partial charge in [-0.25, -0.2) is 9.49 Å². The first-order chi connectivity index (χ1) is 12.0. The van der Waals surface area contributed by atoms with E-state index in [-0.39, 0.29) is 22.7 Å². The maximum Gasteiger partial charge on any atom is 0.277 e. The van der Waals surface area contributed by atoms with Gasteiger partial charge in [-0.2, -0.15) is 5.10 Å². The number of carbonyl (C=O) groups is 1. The number of benzene rings is 1. The molecule has 1 aromatic carbocycles. The van der Waals surface area contributed by atoms with Crippen molar-refractivity contribution >= 4 is 17.5 Å². The fourth-order valence-electron chi connectivity index (χ4n) is 2.18. The van der Waals surface area contributed by atoms with Crippen molar-refractivity contribution in [1.82, 2.24) is 20.5 Å². The minimum absolute atomic E-state index is 0.0752. The molecule has 0 saturated heterocycles. The molecule has 0 aliphatic heterocycles. The second kappa shape index (κ2) is 7.23. The van der Waals surface area contributed by atoms with Crippen LogP contribution in [0.25, 0.3) is 11.3 Å². The Kier molecular flexibility index (Phi) is 4.85. The van der Waals surface area contributed by atoms with Crippen LogP contribution in [0.1, 0.15) is 15.9 Å². The summed E-state index contributed by atoms with van der Waals surface area (Å²) in [5.41, 5.74) is 0.634. The van der Waals surface area contributed by atoms with Crippen LogP contribution in [0.5, 0.6) is 0 Å². The van der Waals surface area contributed by atoms with Crippen LogP contribution >= 0.6 is 11.6 Å². The number of H-pyrrole nitrogens is 1. The van der Waals surface area contributed by atoms with Gasteiger partial charge in [0.1, 0.15) is 11.4 Å². The third-order valence-electron chi connectivity index (χ3n) is 3.48. The summed E-state index contributed by atoms with van der Waals surface area (Å²) in [7, 11) is 0. The van der Waals surface area contributed by atoms with Gasteiger partial charge < -0.3 is 5.32 Å². The molecule has 3 aromatic rings. The van der Waals surface area contributed by atoms with Crippen molar-refractivity contribution in [1.29, 1.82) is 0 Å². The van der Waals surface area contributed by atoms with Gasteiger partial charge in [0.15, 0.2) is 0 Å². The van der Waals surface area contributed by atoms with Gasteiger partial charge in [0.25, 0.3) is 11.5 Å². The lowest BCUT2D eigenvalue weighted by atomic mass is 10.1. The number of hydrogen-bond acceptors (Lipinski definition) is 4. The normalized spacial score (nSPS) is 10.5. The fourth-order valence-corrected chi connectivity index (χ4v) is 2.34. The van der Waals surface area contributed by atoms with Crippen molar-refractivity contribution in [3.8, 4) is 11.3 Å². The van der Waals surface area contributed by atoms with Crippen molar-refractivity contribution < 1.29 is 9.18 Å². The highest BCUT2D eigenvalue weighted by molar-refractivity contribution is 6.30. The van der Waals surface area contributed by atoms with Gasteiger partial charge >= 0.3 is 0 Å². The summed E-state index contributed by atoms with van der Waals surface area (Å²) in [5, 5.41) is 8.98. The van der Waals surface area contributed by atoms with Crippen molar-refractivity contribution in [2.75, 3.05) is 0 Å². The maximum atomic E-state index is 13.7. The number of hydrogen-bond donors (Lipinski definition) is 2. The van der Waals surface area contributed by atoms with E-state index in [9.17, 15) is 14.0 Å². The van der Waals surface area contributed by atoms with Gasteiger partial charge in [0.2, 0.25) is 0 Å². The zero-order chi connectivity index (χ0) is 17.8. The first-order valence-corrected chi connectivity index (χ1v) is 7.64. The summed E-state index contributed by atoms with van der Waals surface area (Å²) in [6.45, 7) is -0.0752. The van der Waals surface area contributed by atoms with Crippen molar-refractivity contribution in [3.63, 3.8) is 0 Å². The summed E-state index contributed by atoms with van der Waals surface area (Å²) in [6, 6.07) is 8.92. The summed E-state index contributed by atoms with van der Waals surface area (Å²) < 4.78 is 13.7. The third-order valence-corrected chi connectivity index (χ3v) is 3.71. The maximum absolute atomic E-state index is 13.7. The molecule has 6 nitrogen and oxygen atoms in total. The SMILES string of the molecule is O=C(NCc1ccc(Cl)cc1F)c1cc(-c2ccncc2)n[nH]c1=O. The molecule has 0 unspecified atom stereocenters. The second-order valence-electron chi connectivity index (χ2n) is 5.15. The van der Waals surface area contributed by atoms with Gasteiger partial charge in [0, 0.05) is 35.1 Å². The molecule has 3 rings (SSSR count). The molecule has 0 aliphatic carbocycles. The Bertz CT molecular complexity index is 976. The van der Waals surface area contributed by atoms with Gasteiger partial charge in [-0.1, -0.05) is 17.7 Å². The molecule has 0 fully saturated rings. The molecule has 0 bridgehead atoms. The van der Waals surface area contributed by atoms with Crippen LogP contribution < -0.4 is 10.9 Å². The minimum atomic E-state index is -0.633. The van der Waals surface area contributed by atoms with Crippen LogP contribution in [-0.2, 0) is 6.54 Å². The van der Waals surface area contributed by atoms with E-state index in [2.05, 4.69) is 20.5 Å². The lowest BCUT2D eigenvalue weighted by Crippen LogP contribution is -2.30. The summed E-state index contributed by atoms with van der Waals surface area (Å²) in [4.78, 5) is 28.1. The van der Waals surface area contributed by atoms with E-state index in [0.717, 1.165) is 6.07 Å². The average molecular weight is 359 g/mol. The van der Waals surface area contributed by atoms with Crippen LogP contribution in [0.4, 0.5) is 4.39 Å². The van der Waals surface area contributed by atoms with Gasteiger partial charge in [-0.05, 0) is 30.3 Å². The molecule has 0 radical (unpaired) electrons. The average Bonchev–Trinajstić information content (AvgIpc) is 2.62. The van der Waals surface area contributed by atoms with Crippen molar-refractivity contribution in [3.05, 3.63) is 81.1 Å². The molecule has 2 aromatic heterocycles. The smallest absolute Gasteiger partial charge is 0.277 e.